The Bertz CT molecular complexity index is 323. The van der Waals surface area contributed by atoms with E-state index in [4.69, 9.17) is 8.42 Å². The molecule has 1 aromatic heterocycles. The highest BCUT2D eigenvalue weighted by molar-refractivity contribution is 7.69. The van der Waals surface area contributed by atoms with Crippen LogP contribution in [0.4, 0.5) is 0 Å². The second kappa shape index (κ2) is 10.4. The predicted octanol–water partition coefficient (Wildman–Crippen LogP) is -0.0372. The van der Waals surface area contributed by atoms with Crippen molar-refractivity contribution < 1.29 is 8.42 Å². The first-order chi connectivity index (χ1) is 7.23. The molecule has 0 aliphatic heterocycles. The number of benzene rings is 1. The second-order valence-electron chi connectivity index (χ2n) is 2.09. The van der Waals surface area contributed by atoms with E-state index in [0.717, 1.165) is 0 Å². The SMILES string of the molecule is N[SH](=O)=O.c1ccccc1.c1nc[nH]n1. The number of aromatic amines is 1. The van der Waals surface area contributed by atoms with Crippen molar-refractivity contribution in [1.29, 1.82) is 0 Å². The lowest BCUT2D eigenvalue weighted by molar-refractivity contribution is 0.616. The lowest BCUT2D eigenvalue weighted by atomic mass is 10.4. The fraction of sp³-hybridized carbons (Fsp3) is 0. The zero-order chi connectivity index (χ0) is 11.4. The number of hydrogen-bond acceptors (Lipinski definition) is 4. The fourth-order valence-corrected chi connectivity index (χ4v) is 0.552. The number of nitrogens with one attached hydrogen (secondary N) is 1. The molecule has 2 rings (SSSR count). The topological polar surface area (TPSA) is 102 Å². The summed E-state index contributed by atoms with van der Waals surface area (Å²) in [5, 5.41) is 10.1. The summed E-state index contributed by atoms with van der Waals surface area (Å²) in [5.74, 6) is 0. The van der Waals surface area contributed by atoms with Crippen LogP contribution < -0.4 is 5.14 Å². The second-order valence-corrected chi connectivity index (χ2v) is 2.66. The summed E-state index contributed by atoms with van der Waals surface area (Å²) < 4.78 is 17.6. The molecule has 2 aromatic rings. The van der Waals surface area contributed by atoms with Gasteiger partial charge in [0.1, 0.15) is 12.7 Å². The van der Waals surface area contributed by atoms with E-state index in [1.807, 2.05) is 36.4 Å². The third-order valence-corrected chi connectivity index (χ3v) is 0.998. The van der Waals surface area contributed by atoms with E-state index in [-0.39, 0.29) is 0 Å². The van der Waals surface area contributed by atoms with Gasteiger partial charge in [0.05, 0.1) is 0 Å². The smallest absolute Gasteiger partial charge is 0.198 e. The molecule has 0 radical (unpaired) electrons. The molecule has 1 heterocycles. The maximum atomic E-state index is 8.81. The van der Waals surface area contributed by atoms with Crippen LogP contribution in [0, 0.1) is 0 Å². The molecule has 82 valence electrons. The van der Waals surface area contributed by atoms with Gasteiger partial charge in [-0.25, -0.2) is 18.5 Å². The summed E-state index contributed by atoms with van der Waals surface area (Å²) in [6.45, 7) is 0. The standard InChI is InChI=1S/C6H6.C2H3N3.H3NO2S/c1-2-4-6-5-3-1;1-3-2-5-4-1;1-4(2)3/h1-6H;1-2H,(H,3,4,5);4H,(H2,1,2,3). The Morgan fingerprint density at radius 3 is 1.53 bits per heavy atom. The van der Waals surface area contributed by atoms with Gasteiger partial charge in [0.2, 0.25) is 0 Å². The highest BCUT2D eigenvalue weighted by Gasteiger charge is 1.58. The summed E-state index contributed by atoms with van der Waals surface area (Å²) in [4.78, 5) is 3.56. The lowest BCUT2D eigenvalue weighted by Gasteiger charge is -1.69. The molecule has 0 aliphatic carbocycles. The molecule has 0 fully saturated rings. The quantitative estimate of drug-likeness (QED) is 0.551. The molecule has 15 heavy (non-hydrogen) atoms. The molecular formula is C8H12N4O2S. The van der Waals surface area contributed by atoms with E-state index < -0.39 is 10.9 Å². The van der Waals surface area contributed by atoms with Crippen molar-refractivity contribution in [2.45, 2.75) is 0 Å². The van der Waals surface area contributed by atoms with Crippen LogP contribution in [0.15, 0.2) is 49.1 Å². The summed E-state index contributed by atoms with van der Waals surface area (Å²) >= 11 is 0. The maximum absolute atomic E-state index is 8.81. The third-order valence-electron chi connectivity index (χ3n) is 0.998. The first-order valence-corrected chi connectivity index (χ1v) is 5.16. The molecule has 0 saturated carbocycles. The molecular weight excluding hydrogens is 216 g/mol. The average molecular weight is 228 g/mol. The molecule has 0 amide bonds. The number of aromatic nitrogens is 3. The van der Waals surface area contributed by atoms with Crippen molar-refractivity contribution >= 4 is 10.9 Å². The molecule has 0 unspecified atom stereocenters. The van der Waals surface area contributed by atoms with E-state index >= 15 is 0 Å². The zero-order valence-electron chi connectivity index (χ0n) is 7.85. The lowest BCUT2D eigenvalue weighted by Crippen LogP contribution is -1.85. The Balaban J connectivity index is 0.000000202. The normalized spacial score (nSPS) is 8.13. The van der Waals surface area contributed by atoms with Gasteiger partial charge in [-0.1, -0.05) is 36.4 Å². The minimum atomic E-state index is -2.62. The predicted molar refractivity (Wildman–Crippen MR) is 57.3 cm³/mol. The number of nitrogens with zero attached hydrogens (tertiary/aromatic N) is 2. The van der Waals surface area contributed by atoms with E-state index in [0.29, 0.717) is 0 Å². The highest BCUT2D eigenvalue weighted by Crippen LogP contribution is 1.79. The molecule has 0 aliphatic rings. The van der Waals surface area contributed by atoms with Crippen LogP contribution in [0.3, 0.4) is 0 Å². The van der Waals surface area contributed by atoms with E-state index in [2.05, 4.69) is 20.3 Å². The van der Waals surface area contributed by atoms with Crippen LogP contribution in [-0.2, 0) is 10.9 Å². The van der Waals surface area contributed by atoms with Gasteiger partial charge in [-0.3, -0.25) is 5.10 Å². The monoisotopic (exact) mass is 228 g/mol. The number of hydrogen-bond donors (Lipinski definition) is 3. The Kier molecular flexibility index (Phi) is 9.16. The van der Waals surface area contributed by atoms with Gasteiger partial charge in [0.25, 0.3) is 0 Å². The summed E-state index contributed by atoms with van der Waals surface area (Å²) in [7, 11) is -2.62. The van der Waals surface area contributed by atoms with Crippen LogP contribution in [0.25, 0.3) is 0 Å². The van der Waals surface area contributed by atoms with Gasteiger partial charge in [0.15, 0.2) is 10.9 Å². The van der Waals surface area contributed by atoms with Gasteiger partial charge in [0, 0.05) is 0 Å². The summed E-state index contributed by atoms with van der Waals surface area (Å²) in [5.41, 5.74) is 0. The Morgan fingerprint density at radius 2 is 1.40 bits per heavy atom. The van der Waals surface area contributed by atoms with Crippen molar-refractivity contribution in [2.75, 3.05) is 0 Å². The van der Waals surface area contributed by atoms with Crippen LogP contribution in [-0.4, -0.2) is 23.6 Å². The number of H-pyrrole nitrogens is 1. The number of thiol groups is 1. The van der Waals surface area contributed by atoms with Crippen molar-refractivity contribution in [2.24, 2.45) is 5.14 Å². The van der Waals surface area contributed by atoms with Crippen molar-refractivity contribution in [3.63, 3.8) is 0 Å². The third kappa shape index (κ3) is 15.1. The Hall–Kier alpha value is -1.73. The van der Waals surface area contributed by atoms with E-state index in [1.54, 1.807) is 0 Å². The highest BCUT2D eigenvalue weighted by atomic mass is 32.2. The van der Waals surface area contributed by atoms with Crippen molar-refractivity contribution in [3.05, 3.63) is 49.1 Å². The van der Waals surface area contributed by atoms with E-state index in [9.17, 15) is 0 Å². The molecule has 0 atom stereocenters. The maximum Gasteiger partial charge on any atom is 0.198 e. The zero-order valence-corrected chi connectivity index (χ0v) is 8.75. The average Bonchev–Trinajstić information content (AvgIpc) is 2.77. The number of rotatable bonds is 0. The minimum Gasteiger partial charge on any atom is -0.266 e. The first-order valence-electron chi connectivity index (χ1n) is 3.91. The molecule has 0 saturated heterocycles. The number of nitrogens with two attached hydrogens (primary N) is 1. The summed E-state index contributed by atoms with van der Waals surface area (Å²) in [6.07, 6.45) is 2.96. The van der Waals surface area contributed by atoms with Gasteiger partial charge < -0.3 is 0 Å². The molecule has 6 nitrogen and oxygen atoms in total. The van der Waals surface area contributed by atoms with Crippen LogP contribution in [0.1, 0.15) is 0 Å². The Morgan fingerprint density at radius 1 is 1.00 bits per heavy atom. The molecule has 7 heteroatoms. The van der Waals surface area contributed by atoms with Gasteiger partial charge >= 0.3 is 0 Å². The van der Waals surface area contributed by atoms with Gasteiger partial charge in [-0.2, -0.15) is 5.10 Å². The van der Waals surface area contributed by atoms with Crippen LogP contribution in [0.5, 0.6) is 0 Å². The summed E-state index contributed by atoms with van der Waals surface area (Å²) in [6, 6.07) is 12.0. The minimum absolute atomic E-state index is 1.44. The van der Waals surface area contributed by atoms with Crippen LogP contribution >= 0.6 is 0 Å². The molecule has 1 aromatic carbocycles. The Labute approximate surface area is 89.2 Å². The molecule has 3 N–H and O–H groups in total. The van der Waals surface area contributed by atoms with E-state index in [1.165, 1.54) is 12.7 Å². The molecule has 0 spiro atoms. The fourth-order valence-electron chi connectivity index (χ4n) is 0.552. The van der Waals surface area contributed by atoms with Gasteiger partial charge in [-0.05, 0) is 0 Å². The largest absolute Gasteiger partial charge is 0.266 e. The first kappa shape index (κ1) is 13.3. The molecule has 0 bridgehead atoms. The van der Waals surface area contributed by atoms with Gasteiger partial charge in [-0.15, -0.1) is 0 Å². The van der Waals surface area contributed by atoms with Crippen molar-refractivity contribution in [3.8, 4) is 0 Å². The van der Waals surface area contributed by atoms with Crippen molar-refractivity contribution in [1.82, 2.24) is 15.2 Å². The van der Waals surface area contributed by atoms with Crippen LogP contribution in [0.2, 0.25) is 0 Å².